The molecule has 1 aromatic heterocycles. The van der Waals surface area contributed by atoms with Gasteiger partial charge in [-0.2, -0.15) is 0 Å². The quantitative estimate of drug-likeness (QED) is 0.372. The molecule has 8 heteroatoms. The second kappa shape index (κ2) is 8.97. The van der Waals surface area contributed by atoms with E-state index in [1.54, 1.807) is 19.4 Å². The summed E-state index contributed by atoms with van der Waals surface area (Å²) in [6.45, 7) is 1.85. The Bertz CT molecular complexity index is 676. The van der Waals surface area contributed by atoms with E-state index in [1.807, 2.05) is 6.07 Å². The molecule has 1 unspecified atom stereocenters. The molecular weight excluding hydrogens is 431 g/mol. The standard InChI is InChI=1S/C16H19F2N3O2.HI/c1-16(22,13-6-5-11(17)8-14(13)18)10-21-15(19-2)20-9-12-4-3-7-23-12;/h3-8,22H,9-10H2,1-2H3,(H2,19,20,21);1H. The van der Waals surface area contributed by atoms with Crippen molar-refractivity contribution in [2.75, 3.05) is 13.6 Å². The fraction of sp³-hybridized carbons (Fsp3) is 0.312. The van der Waals surface area contributed by atoms with E-state index in [4.69, 9.17) is 4.42 Å². The van der Waals surface area contributed by atoms with E-state index < -0.39 is 17.2 Å². The van der Waals surface area contributed by atoms with E-state index in [-0.39, 0.29) is 36.1 Å². The summed E-state index contributed by atoms with van der Waals surface area (Å²) >= 11 is 0. The second-order valence-corrected chi connectivity index (χ2v) is 5.26. The van der Waals surface area contributed by atoms with Gasteiger partial charge in [0.15, 0.2) is 5.96 Å². The Kier molecular flexibility index (Phi) is 7.61. The maximum Gasteiger partial charge on any atom is 0.191 e. The predicted molar refractivity (Wildman–Crippen MR) is 98.3 cm³/mol. The highest BCUT2D eigenvalue weighted by Gasteiger charge is 2.27. The van der Waals surface area contributed by atoms with Crippen LogP contribution in [0.3, 0.4) is 0 Å². The van der Waals surface area contributed by atoms with Crippen LogP contribution in [0.1, 0.15) is 18.2 Å². The zero-order valence-corrected chi connectivity index (χ0v) is 15.7. The summed E-state index contributed by atoms with van der Waals surface area (Å²) in [5.41, 5.74) is -1.52. The number of furan rings is 1. The predicted octanol–water partition coefficient (Wildman–Crippen LogP) is 2.75. The average molecular weight is 451 g/mol. The van der Waals surface area contributed by atoms with Crippen molar-refractivity contribution in [1.29, 1.82) is 0 Å². The minimum atomic E-state index is -1.53. The van der Waals surface area contributed by atoms with Crippen LogP contribution in [0.25, 0.3) is 0 Å². The van der Waals surface area contributed by atoms with E-state index >= 15 is 0 Å². The van der Waals surface area contributed by atoms with E-state index in [9.17, 15) is 13.9 Å². The zero-order valence-electron chi connectivity index (χ0n) is 13.3. The van der Waals surface area contributed by atoms with Gasteiger partial charge in [-0.15, -0.1) is 24.0 Å². The Balaban J connectivity index is 0.00000288. The molecule has 0 bridgehead atoms. The fourth-order valence-corrected chi connectivity index (χ4v) is 2.08. The lowest BCUT2D eigenvalue weighted by molar-refractivity contribution is 0.0577. The molecule has 0 fully saturated rings. The first-order valence-electron chi connectivity index (χ1n) is 7.07. The van der Waals surface area contributed by atoms with Crippen LogP contribution in [-0.4, -0.2) is 24.7 Å². The first-order valence-corrected chi connectivity index (χ1v) is 7.07. The number of benzene rings is 1. The summed E-state index contributed by atoms with van der Waals surface area (Å²) in [6.07, 6.45) is 1.56. The number of nitrogens with one attached hydrogen (secondary N) is 2. The zero-order chi connectivity index (χ0) is 16.9. The molecule has 2 rings (SSSR count). The van der Waals surface area contributed by atoms with Crippen molar-refractivity contribution in [2.24, 2.45) is 4.99 Å². The van der Waals surface area contributed by atoms with Crippen molar-refractivity contribution in [2.45, 2.75) is 19.1 Å². The van der Waals surface area contributed by atoms with Gasteiger partial charge >= 0.3 is 0 Å². The molecule has 1 atom stereocenters. The average Bonchev–Trinajstić information content (AvgIpc) is 3.00. The van der Waals surface area contributed by atoms with Crippen LogP contribution in [0.2, 0.25) is 0 Å². The fourth-order valence-electron chi connectivity index (χ4n) is 2.08. The van der Waals surface area contributed by atoms with Crippen molar-refractivity contribution >= 4 is 29.9 Å². The monoisotopic (exact) mass is 451 g/mol. The van der Waals surface area contributed by atoms with Crippen molar-refractivity contribution in [3.8, 4) is 0 Å². The number of aliphatic hydroxyl groups is 1. The van der Waals surface area contributed by atoms with E-state index in [0.29, 0.717) is 12.5 Å². The van der Waals surface area contributed by atoms with Crippen LogP contribution in [0.15, 0.2) is 46.0 Å². The third kappa shape index (κ3) is 5.45. The number of hydrogen-bond donors (Lipinski definition) is 3. The lowest BCUT2D eigenvalue weighted by atomic mass is 9.95. The van der Waals surface area contributed by atoms with Gasteiger partial charge in [0.25, 0.3) is 0 Å². The molecule has 0 aliphatic heterocycles. The summed E-state index contributed by atoms with van der Waals surface area (Å²) in [5, 5.41) is 16.3. The molecule has 3 N–H and O–H groups in total. The van der Waals surface area contributed by atoms with E-state index in [0.717, 1.165) is 17.9 Å². The molecule has 0 radical (unpaired) electrons. The van der Waals surface area contributed by atoms with Gasteiger partial charge in [-0.3, -0.25) is 4.99 Å². The summed E-state index contributed by atoms with van der Waals surface area (Å²) in [5.74, 6) is -0.338. The summed E-state index contributed by atoms with van der Waals surface area (Å²) in [4.78, 5) is 4.01. The molecule has 1 aromatic carbocycles. The summed E-state index contributed by atoms with van der Waals surface area (Å²) < 4.78 is 32.0. The minimum Gasteiger partial charge on any atom is -0.467 e. The third-order valence-corrected chi connectivity index (χ3v) is 3.35. The van der Waals surface area contributed by atoms with Gasteiger partial charge in [0.2, 0.25) is 0 Å². The first-order chi connectivity index (χ1) is 10.9. The number of nitrogens with zero attached hydrogens (tertiary/aromatic N) is 1. The normalized spacial score (nSPS) is 13.8. The topological polar surface area (TPSA) is 69.8 Å². The first kappa shape index (κ1) is 20.4. The molecule has 0 saturated heterocycles. The van der Waals surface area contributed by atoms with Crippen LogP contribution >= 0.6 is 24.0 Å². The lowest BCUT2D eigenvalue weighted by Crippen LogP contribution is -2.44. The maximum absolute atomic E-state index is 13.8. The summed E-state index contributed by atoms with van der Waals surface area (Å²) in [7, 11) is 1.57. The van der Waals surface area contributed by atoms with E-state index in [1.165, 1.54) is 13.0 Å². The highest BCUT2D eigenvalue weighted by Crippen LogP contribution is 2.23. The smallest absolute Gasteiger partial charge is 0.191 e. The molecule has 0 amide bonds. The van der Waals surface area contributed by atoms with Gasteiger partial charge < -0.3 is 20.2 Å². The Morgan fingerprint density at radius 2 is 2.04 bits per heavy atom. The number of aliphatic imine (C=N–C) groups is 1. The molecule has 0 saturated carbocycles. The lowest BCUT2D eigenvalue weighted by Gasteiger charge is -2.25. The van der Waals surface area contributed by atoms with Gasteiger partial charge in [0, 0.05) is 18.7 Å². The SMILES string of the molecule is CN=C(NCc1ccco1)NCC(C)(O)c1ccc(F)cc1F.I. The molecule has 2 aromatic rings. The van der Waals surface area contributed by atoms with Crippen molar-refractivity contribution in [1.82, 2.24) is 10.6 Å². The van der Waals surface area contributed by atoms with Crippen LogP contribution in [0.5, 0.6) is 0 Å². The van der Waals surface area contributed by atoms with Crippen LogP contribution in [0.4, 0.5) is 8.78 Å². The Hall–Kier alpha value is -1.68. The van der Waals surface area contributed by atoms with E-state index in [2.05, 4.69) is 15.6 Å². The number of rotatable bonds is 5. The van der Waals surface area contributed by atoms with Gasteiger partial charge in [-0.05, 0) is 25.1 Å². The Morgan fingerprint density at radius 1 is 1.29 bits per heavy atom. The highest BCUT2D eigenvalue weighted by molar-refractivity contribution is 14.0. The highest BCUT2D eigenvalue weighted by atomic mass is 127. The van der Waals surface area contributed by atoms with Crippen LogP contribution in [-0.2, 0) is 12.1 Å². The van der Waals surface area contributed by atoms with Gasteiger partial charge in [0.05, 0.1) is 19.4 Å². The number of guanidine groups is 1. The molecule has 0 aliphatic rings. The molecule has 132 valence electrons. The Labute approximate surface area is 156 Å². The molecule has 0 aliphatic carbocycles. The summed E-state index contributed by atoms with van der Waals surface area (Å²) in [6, 6.07) is 6.66. The Morgan fingerprint density at radius 3 is 2.62 bits per heavy atom. The van der Waals surface area contributed by atoms with Gasteiger partial charge in [0.1, 0.15) is 23.0 Å². The molecule has 5 nitrogen and oxygen atoms in total. The maximum atomic E-state index is 13.8. The van der Waals surface area contributed by atoms with Crippen molar-refractivity contribution in [3.63, 3.8) is 0 Å². The number of hydrogen-bond acceptors (Lipinski definition) is 3. The molecular formula is C16H20F2IN3O2. The number of halogens is 3. The van der Waals surface area contributed by atoms with Crippen molar-refractivity contribution in [3.05, 3.63) is 59.6 Å². The van der Waals surface area contributed by atoms with Crippen molar-refractivity contribution < 1.29 is 18.3 Å². The van der Waals surface area contributed by atoms with Gasteiger partial charge in [-0.25, -0.2) is 8.78 Å². The molecule has 1 heterocycles. The minimum absolute atomic E-state index is 0. The largest absolute Gasteiger partial charge is 0.467 e. The molecule has 24 heavy (non-hydrogen) atoms. The van der Waals surface area contributed by atoms with Gasteiger partial charge in [-0.1, -0.05) is 6.07 Å². The third-order valence-electron chi connectivity index (χ3n) is 3.35. The van der Waals surface area contributed by atoms with Crippen LogP contribution < -0.4 is 10.6 Å². The second-order valence-electron chi connectivity index (χ2n) is 5.26. The molecule has 0 spiro atoms. The van der Waals surface area contributed by atoms with Crippen LogP contribution in [0, 0.1) is 11.6 Å².